The van der Waals surface area contributed by atoms with Crippen molar-refractivity contribution < 1.29 is 23.5 Å². The Morgan fingerprint density at radius 3 is 2.32 bits per heavy atom. The van der Waals surface area contributed by atoms with Crippen LogP contribution in [-0.2, 0) is 14.3 Å². The summed E-state index contributed by atoms with van der Waals surface area (Å²) >= 11 is 0. The van der Waals surface area contributed by atoms with Gasteiger partial charge in [-0.2, -0.15) is 0 Å². The Balaban J connectivity index is 2.62. The number of likely N-dealkylation sites (tertiary alicyclic amines) is 1. The van der Waals surface area contributed by atoms with E-state index in [0.717, 1.165) is 0 Å². The van der Waals surface area contributed by atoms with Crippen LogP contribution in [0.15, 0.2) is 0 Å². The lowest BCUT2D eigenvalue weighted by Crippen LogP contribution is -2.37. The maximum Gasteiger partial charge on any atom is 0.410 e. The molecule has 2 atom stereocenters. The number of amides is 1. The van der Waals surface area contributed by atoms with Crippen LogP contribution in [0.4, 0.5) is 9.18 Å². The topological polar surface area (TPSA) is 55.8 Å². The largest absolute Gasteiger partial charge is 0.469 e. The minimum atomic E-state index is -1.28. The second-order valence-corrected chi connectivity index (χ2v) is 5.69. The maximum atomic E-state index is 13.8. The Morgan fingerprint density at radius 1 is 1.21 bits per heavy atom. The summed E-state index contributed by atoms with van der Waals surface area (Å²) in [6, 6.07) is 0. The predicted molar refractivity (Wildman–Crippen MR) is 67.4 cm³/mol. The first-order valence-electron chi connectivity index (χ1n) is 6.44. The summed E-state index contributed by atoms with van der Waals surface area (Å²) in [7, 11) is 1.24. The van der Waals surface area contributed by atoms with Crippen molar-refractivity contribution in [2.45, 2.75) is 45.4 Å². The number of hydrogen-bond acceptors (Lipinski definition) is 4. The Morgan fingerprint density at radius 2 is 1.79 bits per heavy atom. The number of carbonyl (C=O) groups is 2. The zero-order valence-electron chi connectivity index (χ0n) is 11.9. The Bertz CT molecular complexity index is 340. The fraction of sp³-hybridized carbons (Fsp3) is 0.846. The average Bonchev–Trinajstić information content (AvgIpc) is 2.48. The van der Waals surface area contributed by atoms with E-state index >= 15 is 0 Å². The van der Waals surface area contributed by atoms with Crippen molar-refractivity contribution in [3.8, 4) is 0 Å². The molecule has 0 spiro atoms. The van der Waals surface area contributed by atoms with Gasteiger partial charge in [0, 0.05) is 13.1 Å². The molecule has 0 unspecified atom stereocenters. The van der Waals surface area contributed by atoms with Gasteiger partial charge in [0.2, 0.25) is 0 Å². The summed E-state index contributed by atoms with van der Waals surface area (Å²) in [4.78, 5) is 24.8. The highest BCUT2D eigenvalue weighted by atomic mass is 19.1. The predicted octanol–water partition coefficient (Wildman–Crippen LogP) is 2.14. The van der Waals surface area contributed by atoms with Gasteiger partial charge in [0.1, 0.15) is 11.8 Å². The van der Waals surface area contributed by atoms with E-state index in [1.54, 1.807) is 20.8 Å². The van der Waals surface area contributed by atoms with E-state index in [4.69, 9.17) is 4.74 Å². The fourth-order valence-corrected chi connectivity index (χ4v) is 1.99. The van der Waals surface area contributed by atoms with Crippen LogP contribution in [0.2, 0.25) is 0 Å². The molecule has 1 saturated heterocycles. The lowest BCUT2D eigenvalue weighted by Gasteiger charge is -2.26. The standard InChI is InChI=1S/C13H22FNO4/c1-13(2,3)19-12(17)15-7-5-9(11(16)18-4)10(14)6-8-15/h9-10H,5-8H2,1-4H3/t9-,10-/m1/s1. The number of halogens is 1. The SMILES string of the molecule is COC(=O)[C@@H]1CCN(C(=O)OC(C)(C)C)CC[C@H]1F. The van der Waals surface area contributed by atoms with E-state index < -0.39 is 29.8 Å². The van der Waals surface area contributed by atoms with E-state index in [2.05, 4.69) is 4.74 Å². The molecule has 1 aliphatic heterocycles. The molecule has 110 valence electrons. The number of esters is 1. The number of rotatable bonds is 1. The summed E-state index contributed by atoms with van der Waals surface area (Å²) in [5.74, 6) is -1.35. The number of hydrogen-bond donors (Lipinski definition) is 0. The van der Waals surface area contributed by atoms with Crippen molar-refractivity contribution in [3.05, 3.63) is 0 Å². The molecular formula is C13H22FNO4. The van der Waals surface area contributed by atoms with Crippen molar-refractivity contribution in [2.75, 3.05) is 20.2 Å². The Kier molecular flexibility index (Phi) is 5.14. The van der Waals surface area contributed by atoms with Gasteiger partial charge in [-0.05, 0) is 33.6 Å². The Hall–Kier alpha value is -1.33. The van der Waals surface area contributed by atoms with E-state index in [9.17, 15) is 14.0 Å². The van der Waals surface area contributed by atoms with E-state index in [-0.39, 0.29) is 19.4 Å². The molecule has 19 heavy (non-hydrogen) atoms. The van der Waals surface area contributed by atoms with Crippen LogP contribution in [0.3, 0.4) is 0 Å². The zero-order valence-corrected chi connectivity index (χ0v) is 11.9. The normalized spacial score (nSPS) is 24.6. The summed E-state index contributed by atoms with van der Waals surface area (Å²) in [5, 5.41) is 0. The molecule has 0 N–H and O–H groups in total. The molecule has 0 aromatic carbocycles. The molecule has 0 bridgehead atoms. The number of carbonyl (C=O) groups excluding carboxylic acids is 2. The van der Waals surface area contributed by atoms with Crippen LogP contribution in [0.1, 0.15) is 33.6 Å². The summed E-state index contributed by atoms with van der Waals surface area (Å²) < 4.78 is 23.7. The van der Waals surface area contributed by atoms with Gasteiger partial charge in [0.25, 0.3) is 0 Å². The number of alkyl halides is 1. The highest BCUT2D eigenvalue weighted by Gasteiger charge is 2.34. The summed E-state index contributed by atoms with van der Waals surface area (Å²) in [5.41, 5.74) is -0.583. The van der Waals surface area contributed by atoms with Crippen LogP contribution in [0.5, 0.6) is 0 Å². The van der Waals surface area contributed by atoms with E-state index in [1.165, 1.54) is 12.0 Å². The quantitative estimate of drug-likeness (QED) is 0.688. The van der Waals surface area contributed by atoms with Gasteiger partial charge in [-0.3, -0.25) is 4.79 Å². The van der Waals surface area contributed by atoms with E-state index in [0.29, 0.717) is 6.54 Å². The van der Waals surface area contributed by atoms with Crippen LogP contribution >= 0.6 is 0 Å². The summed E-state index contributed by atoms with van der Waals surface area (Å²) in [6.07, 6.45) is -1.36. The van der Waals surface area contributed by atoms with Gasteiger partial charge in [0.05, 0.1) is 13.0 Å². The van der Waals surface area contributed by atoms with Crippen LogP contribution < -0.4 is 0 Å². The molecule has 0 radical (unpaired) electrons. The Labute approximate surface area is 113 Å². The molecule has 0 saturated carbocycles. The van der Waals surface area contributed by atoms with Gasteiger partial charge in [-0.25, -0.2) is 9.18 Å². The minimum absolute atomic E-state index is 0.124. The second kappa shape index (κ2) is 6.21. The smallest absolute Gasteiger partial charge is 0.410 e. The molecule has 6 heteroatoms. The van der Waals surface area contributed by atoms with Crippen molar-refractivity contribution in [3.63, 3.8) is 0 Å². The summed E-state index contributed by atoms with van der Waals surface area (Å²) in [6.45, 7) is 5.88. The van der Waals surface area contributed by atoms with Crippen LogP contribution in [0.25, 0.3) is 0 Å². The third kappa shape index (κ3) is 4.69. The first-order chi connectivity index (χ1) is 8.74. The molecule has 1 amide bonds. The third-order valence-corrected chi connectivity index (χ3v) is 2.98. The molecule has 0 aromatic rings. The van der Waals surface area contributed by atoms with Crippen molar-refractivity contribution in [1.29, 1.82) is 0 Å². The van der Waals surface area contributed by atoms with Crippen LogP contribution in [0, 0.1) is 5.92 Å². The number of methoxy groups -OCH3 is 1. The van der Waals surface area contributed by atoms with Crippen molar-refractivity contribution >= 4 is 12.1 Å². The molecule has 1 aliphatic rings. The molecule has 1 heterocycles. The van der Waals surface area contributed by atoms with E-state index in [1.807, 2.05) is 0 Å². The fourth-order valence-electron chi connectivity index (χ4n) is 1.99. The number of nitrogens with zero attached hydrogens (tertiary/aromatic N) is 1. The first kappa shape index (κ1) is 15.7. The first-order valence-corrected chi connectivity index (χ1v) is 6.44. The van der Waals surface area contributed by atoms with Gasteiger partial charge in [-0.1, -0.05) is 0 Å². The minimum Gasteiger partial charge on any atom is -0.469 e. The van der Waals surface area contributed by atoms with Crippen LogP contribution in [-0.4, -0.2) is 48.9 Å². The average molecular weight is 275 g/mol. The molecule has 1 fully saturated rings. The van der Waals surface area contributed by atoms with Gasteiger partial charge in [0.15, 0.2) is 0 Å². The van der Waals surface area contributed by atoms with Gasteiger partial charge < -0.3 is 14.4 Å². The zero-order chi connectivity index (χ0) is 14.6. The van der Waals surface area contributed by atoms with Gasteiger partial charge in [-0.15, -0.1) is 0 Å². The number of ether oxygens (including phenoxy) is 2. The lowest BCUT2D eigenvalue weighted by molar-refractivity contribution is -0.147. The van der Waals surface area contributed by atoms with Gasteiger partial charge >= 0.3 is 12.1 Å². The van der Waals surface area contributed by atoms with Crippen molar-refractivity contribution in [1.82, 2.24) is 4.90 Å². The molecule has 5 nitrogen and oxygen atoms in total. The molecule has 0 aliphatic carbocycles. The molecular weight excluding hydrogens is 253 g/mol. The highest BCUT2D eigenvalue weighted by molar-refractivity contribution is 5.73. The molecule has 1 rings (SSSR count). The second-order valence-electron chi connectivity index (χ2n) is 5.69. The highest BCUT2D eigenvalue weighted by Crippen LogP contribution is 2.23. The molecule has 0 aromatic heterocycles. The monoisotopic (exact) mass is 275 g/mol. The third-order valence-electron chi connectivity index (χ3n) is 2.98. The van der Waals surface area contributed by atoms with Crippen molar-refractivity contribution in [2.24, 2.45) is 5.92 Å². The maximum absolute atomic E-state index is 13.8. The lowest BCUT2D eigenvalue weighted by atomic mass is 9.99.